The van der Waals surface area contributed by atoms with E-state index in [1.807, 2.05) is 0 Å². The smallest absolute Gasteiger partial charge is 0.0436 e. The van der Waals surface area contributed by atoms with Crippen LogP contribution in [-0.2, 0) is 16.2 Å². The fraction of sp³-hybridized carbons (Fsp3) is 0.625. The van der Waals surface area contributed by atoms with Crippen LogP contribution in [0, 0.1) is 5.92 Å². The number of hydrogen-bond donors (Lipinski definition) is 1. The summed E-state index contributed by atoms with van der Waals surface area (Å²) in [5.41, 5.74) is 2.79. The van der Waals surface area contributed by atoms with Crippen molar-refractivity contribution < 1.29 is 4.21 Å². The maximum Gasteiger partial charge on any atom is 0.0436 e. The molecule has 0 bridgehead atoms. The van der Waals surface area contributed by atoms with Gasteiger partial charge in [0.15, 0.2) is 0 Å². The van der Waals surface area contributed by atoms with E-state index in [0.29, 0.717) is 5.92 Å². The lowest BCUT2D eigenvalue weighted by Crippen LogP contribution is -2.26. The van der Waals surface area contributed by atoms with Crippen molar-refractivity contribution in [3.63, 3.8) is 0 Å². The first kappa shape index (κ1) is 14.7. The molecular formula is C16H25NOS. The topological polar surface area (TPSA) is 29.1 Å². The average molecular weight is 279 g/mol. The Bertz CT molecular complexity index is 447. The largest absolute Gasteiger partial charge is 0.309 e. The van der Waals surface area contributed by atoms with E-state index in [1.165, 1.54) is 11.1 Å². The first-order valence-electron chi connectivity index (χ1n) is 7.05. The highest BCUT2D eigenvalue weighted by atomic mass is 32.2. The lowest BCUT2D eigenvalue weighted by Gasteiger charge is -2.21. The maximum absolute atomic E-state index is 12.0. The first-order chi connectivity index (χ1) is 8.86. The predicted molar refractivity (Wildman–Crippen MR) is 82.9 cm³/mol. The minimum Gasteiger partial charge on any atom is -0.309 e. The van der Waals surface area contributed by atoms with E-state index in [2.05, 4.69) is 57.3 Å². The van der Waals surface area contributed by atoms with Crippen molar-refractivity contribution in [3.05, 3.63) is 35.4 Å². The van der Waals surface area contributed by atoms with Crippen LogP contribution in [0.2, 0.25) is 0 Å². The van der Waals surface area contributed by atoms with Gasteiger partial charge in [0.05, 0.1) is 0 Å². The molecule has 1 aromatic carbocycles. The van der Waals surface area contributed by atoms with E-state index in [9.17, 15) is 4.21 Å². The number of rotatable bonds is 1. The van der Waals surface area contributed by atoms with Crippen molar-refractivity contribution in [2.45, 2.75) is 39.2 Å². The Kier molecular flexibility index (Phi) is 4.46. The highest BCUT2D eigenvalue weighted by Gasteiger charge is 2.22. The van der Waals surface area contributed by atoms with Gasteiger partial charge >= 0.3 is 0 Å². The van der Waals surface area contributed by atoms with Crippen molar-refractivity contribution in [1.82, 2.24) is 5.32 Å². The monoisotopic (exact) mass is 279 g/mol. The van der Waals surface area contributed by atoms with Crippen LogP contribution in [0.3, 0.4) is 0 Å². The Balaban J connectivity index is 2.15. The maximum atomic E-state index is 12.0. The Morgan fingerprint density at radius 1 is 1.16 bits per heavy atom. The number of benzene rings is 1. The Hall–Kier alpha value is -0.670. The Labute approximate surface area is 119 Å². The van der Waals surface area contributed by atoms with Gasteiger partial charge in [-0.2, -0.15) is 0 Å². The third kappa shape index (κ3) is 3.90. The van der Waals surface area contributed by atoms with Crippen LogP contribution in [0.25, 0.3) is 0 Å². The van der Waals surface area contributed by atoms with E-state index in [1.54, 1.807) is 0 Å². The molecule has 0 saturated carbocycles. The Morgan fingerprint density at radius 2 is 1.79 bits per heavy atom. The molecule has 3 heteroatoms. The van der Waals surface area contributed by atoms with Crippen LogP contribution in [0.15, 0.2) is 24.3 Å². The second kappa shape index (κ2) is 5.76. The minimum atomic E-state index is -0.703. The van der Waals surface area contributed by atoms with E-state index in [-0.39, 0.29) is 11.5 Å². The predicted octanol–water partition coefficient (Wildman–Crippen LogP) is 3.01. The zero-order valence-corrected chi connectivity index (χ0v) is 13.2. The SMILES string of the molecule is CC1CNC(c2ccc(C(C)(C)C)cc2)CS(=O)C1. The lowest BCUT2D eigenvalue weighted by molar-refractivity contribution is 0.517. The summed E-state index contributed by atoms with van der Waals surface area (Å²) in [6.45, 7) is 9.79. The fourth-order valence-corrected chi connectivity index (χ4v) is 4.03. The van der Waals surface area contributed by atoms with Gasteiger partial charge in [0.25, 0.3) is 0 Å². The molecular weight excluding hydrogens is 254 g/mol. The summed E-state index contributed by atoms with van der Waals surface area (Å²) >= 11 is 0. The molecule has 1 saturated heterocycles. The van der Waals surface area contributed by atoms with Crippen molar-refractivity contribution >= 4 is 10.8 Å². The zero-order chi connectivity index (χ0) is 14.0. The molecule has 0 radical (unpaired) electrons. The van der Waals surface area contributed by atoms with Crippen LogP contribution >= 0.6 is 0 Å². The molecule has 3 unspecified atom stereocenters. The highest BCUT2D eigenvalue weighted by molar-refractivity contribution is 7.85. The zero-order valence-electron chi connectivity index (χ0n) is 12.4. The van der Waals surface area contributed by atoms with Crippen molar-refractivity contribution in [1.29, 1.82) is 0 Å². The molecule has 0 aromatic heterocycles. The summed E-state index contributed by atoms with van der Waals surface area (Å²) in [5, 5.41) is 3.54. The third-order valence-corrected chi connectivity index (χ3v) is 5.36. The molecule has 1 aromatic rings. The molecule has 0 spiro atoms. The summed E-state index contributed by atoms with van der Waals surface area (Å²) in [5.74, 6) is 2.06. The number of hydrogen-bond acceptors (Lipinski definition) is 2. The lowest BCUT2D eigenvalue weighted by atomic mass is 9.86. The molecule has 2 rings (SSSR count). The normalized spacial score (nSPS) is 28.9. The van der Waals surface area contributed by atoms with Gasteiger partial charge in [-0.15, -0.1) is 0 Å². The highest BCUT2D eigenvalue weighted by Crippen LogP contribution is 2.25. The number of nitrogens with one attached hydrogen (secondary N) is 1. The van der Waals surface area contributed by atoms with Gasteiger partial charge in [-0.05, 0) is 29.0 Å². The summed E-state index contributed by atoms with van der Waals surface area (Å²) in [7, 11) is -0.703. The van der Waals surface area contributed by atoms with Gasteiger partial charge in [-0.25, -0.2) is 0 Å². The standard InChI is InChI=1S/C16H25NOS/c1-12-9-17-15(11-19(18)10-12)13-5-7-14(8-6-13)16(2,3)4/h5-8,12,15,17H,9-11H2,1-4H3. The fourth-order valence-electron chi connectivity index (χ4n) is 2.46. The summed E-state index contributed by atoms with van der Waals surface area (Å²) in [4.78, 5) is 0. The first-order valence-corrected chi connectivity index (χ1v) is 8.54. The van der Waals surface area contributed by atoms with Gasteiger partial charge < -0.3 is 5.32 Å². The van der Waals surface area contributed by atoms with Crippen LogP contribution < -0.4 is 5.32 Å². The minimum absolute atomic E-state index is 0.187. The molecule has 1 fully saturated rings. The summed E-state index contributed by atoms with van der Waals surface area (Å²) < 4.78 is 12.0. The quantitative estimate of drug-likeness (QED) is 0.856. The van der Waals surface area contributed by atoms with Crippen LogP contribution in [0.4, 0.5) is 0 Å². The second-order valence-corrected chi connectivity index (χ2v) is 8.26. The molecule has 0 amide bonds. The molecule has 1 N–H and O–H groups in total. The van der Waals surface area contributed by atoms with Crippen molar-refractivity contribution in [2.24, 2.45) is 5.92 Å². The molecule has 1 aliphatic rings. The Morgan fingerprint density at radius 3 is 2.37 bits per heavy atom. The second-order valence-electron chi connectivity index (χ2n) is 6.71. The summed E-state index contributed by atoms with van der Waals surface area (Å²) in [6.07, 6.45) is 0. The van der Waals surface area contributed by atoms with Gasteiger partial charge in [-0.1, -0.05) is 52.0 Å². The molecule has 19 heavy (non-hydrogen) atoms. The molecule has 3 atom stereocenters. The molecule has 106 valence electrons. The summed E-state index contributed by atoms with van der Waals surface area (Å²) in [6, 6.07) is 9.01. The van der Waals surface area contributed by atoms with Crippen LogP contribution in [0.5, 0.6) is 0 Å². The average Bonchev–Trinajstić information content (AvgIpc) is 2.49. The van der Waals surface area contributed by atoms with E-state index < -0.39 is 10.8 Å². The van der Waals surface area contributed by atoms with Gasteiger partial charge in [0, 0.05) is 28.3 Å². The van der Waals surface area contributed by atoms with E-state index in [4.69, 9.17) is 0 Å². The molecule has 2 nitrogen and oxygen atoms in total. The van der Waals surface area contributed by atoms with Crippen LogP contribution in [-0.4, -0.2) is 22.3 Å². The molecule has 0 aliphatic carbocycles. The van der Waals surface area contributed by atoms with Crippen molar-refractivity contribution in [2.75, 3.05) is 18.1 Å². The molecule has 1 aliphatic heterocycles. The van der Waals surface area contributed by atoms with E-state index >= 15 is 0 Å². The van der Waals surface area contributed by atoms with Crippen LogP contribution in [0.1, 0.15) is 44.9 Å². The molecule has 1 heterocycles. The van der Waals surface area contributed by atoms with E-state index in [0.717, 1.165) is 18.1 Å². The van der Waals surface area contributed by atoms with Crippen molar-refractivity contribution in [3.8, 4) is 0 Å². The third-order valence-electron chi connectivity index (χ3n) is 3.71. The van der Waals surface area contributed by atoms with Gasteiger partial charge in [0.1, 0.15) is 0 Å². The van der Waals surface area contributed by atoms with Gasteiger partial charge in [-0.3, -0.25) is 4.21 Å². The van der Waals surface area contributed by atoms with Gasteiger partial charge in [0.2, 0.25) is 0 Å².